The Kier molecular flexibility index (Phi) is 3.34. The van der Waals surface area contributed by atoms with E-state index >= 15 is 0 Å². The van der Waals surface area contributed by atoms with Crippen LogP contribution in [-0.4, -0.2) is 19.7 Å². The van der Waals surface area contributed by atoms with Gasteiger partial charge in [-0.1, -0.05) is 12.2 Å². The van der Waals surface area contributed by atoms with E-state index in [4.69, 9.17) is 12.2 Å². The molecule has 0 amide bonds. The van der Waals surface area contributed by atoms with Gasteiger partial charge in [0.25, 0.3) is 0 Å². The van der Waals surface area contributed by atoms with Crippen LogP contribution >= 0.6 is 12.2 Å². The van der Waals surface area contributed by atoms with E-state index in [2.05, 4.69) is 15.1 Å². The van der Waals surface area contributed by atoms with Crippen molar-refractivity contribution in [2.75, 3.05) is 0 Å². The summed E-state index contributed by atoms with van der Waals surface area (Å²) in [6, 6.07) is 5.27. The topological polar surface area (TPSA) is 46.5 Å². The van der Waals surface area contributed by atoms with E-state index in [1.165, 1.54) is 6.07 Å². The zero-order valence-corrected chi connectivity index (χ0v) is 11.8. The van der Waals surface area contributed by atoms with Gasteiger partial charge in [0.1, 0.15) is 10.5 Å². The molecular weight excluding hydrogens is 294 g/mol. The largest absolute Gasteiger partial charge is 0.339 e. The van der Waals surface area contributed by atoms with Crippen molar-refractivity contribution in [2.24, 2.45) is 7.05 Å². The lowest BCUT2D eigenvalue weighted by atomic mass is 10.2. The molecular formula is C14H10F2N4S. The maximum Gasteiger partial charge on any atom is 0.159 e. The van der Waals surface area contributed by atoms with Crippen LogP contribution in [0.25, 0.3) is 22.6 Å². The predicted molar refractivity (Wildman–Crippen MR) is 77.0 cm³/mol. The molecule has 3 rings (SSSR count). The van der Waals surface area contributed by atoms with Crippen LogP contribution in [-0.2, 0) is 7.05 Å². The first kappa shape index (κ1) is 13.6. The number of hydrogen-bond acceptors (Lipinski definition) is 3. The lowest BCUT2D eigenvalue weighted by Gasteiger charge is -2.05. The van der Waals surface area contributed by atoms with Crippen molar-refractivity contribution in [2.45, 2.75) is 0 Å². The Morgan fingerprint density at radius 2 is 1.95 bits per heavy atom. The summed E-state index contributed by atoms with van der Waals surface area (Å²) in [6.45, 7) is 0. The number of H-pyrrole nitrogens is 1. The van der Waals surface area contributed by atoms with E-state index < -0.39 is 11.6 Å². The van der Waals surface area contributed by atoms with Gasteiger partial charge < -0.3 is 4.98 Å². The van der Waals surface area contributed by atoms with Crippen molar-refractivity contribution in [1.29, 1.82) is 0 Å². The smallest absolute Gasteiger partial charge is 0.159 e. The average Bonchev–Trinajstić information content (AvgIpc) is 2.88. The van der Waals surface area contributed by atoms with Gasteiger partial charge in [0.15, 0.2) is 11.6 Å². The van der Waals surface area contributed by atoms with Gasteiger partial charge >= 0.3 is 0 Å². The van der Waals surface area contributed by atoms with E-state index in [0.717, 1.165) is 17.7 Å². The van der Waals surface area contributed by atoms with Crippen molar-refractivity contribution in [3.8, 4) is 22.6 Å². The molecule has 1 N–H and O–H groups in total. The van der Waals surface area contributed by atoms with Crippen LogP contribution in [0.5, 0.6) is 0 Å². The minimum atomic E-state index is -0.930. The molecule has 0 bridgehead atoms. The van der Waals surface area contributed by atoms with Gasteiger partial charge in [0.2, 0.25) is 0 Å². The first-order valence-corrected chi connectivity index (χ1v) is 6.49. The molecule has 0 saturated heterocycles. The van der Waals surface area contributed by atoms with Crippen LogP contribution in [0.2, 0.25) is 0 Å². The maximum absolute atomic E-state index is 13.3. The third kappa shape index (κ3) is 2.73. The van der Waals surface area contributed by atoms with Gasteiger partial charge in [0, 0.05) is 24.4 Å². The molecule has 0 aliphatic rings. The van der Waals surface area contributed by atoms with Gasteiger partial charge in [-0.25, -0.2) is 13.8 Å². The van der Waals surface area contributed by atoms with Crippen LogP contribution in [0.4, 0.5) is 8.78 Å². The third-order valence-corrected chi connectivity index (χ3v) is 3.16. The van der Waals surface area contributed by atoms with Crippen LogP contribution in [0, 0.1) is 16.3 Å². The summed E-state index contributed by atoms with van der Waals surface area (Å²) >= 11 is 5.13. The van der Waals surface area contributed by atoms with Crippen LogP contribution in [0.3, 0.4) is 0 Å². The SMILES string of the molecule is Cn1cc(-c2cc(=S)nc(-c3ccc(F)c(F)c3)[nH]2)cn1. The van der Waals surface area contributed by atoms with E-state index in [-0.39, 0.29) is 0 Å². The fraction of sp³-hybridized carbons (Fsp3) is 0.0714. The highest BCUT2D eigenvalue weighted by molar-refractivity contribution is 7.71. The minimum absolute atomic E-state index is 0.354. The molecule has 0 atom stereocenters. The Labute approximate surface area is 124 Å². The number of benzene rings is 1. The van der Waals surface area contributed by atoms with Crippen molar-refractivity contribution in [3.05, 3.63) is 52.9 Å². The highest BCUT2D eigenvalue weighted by Crippen LogP contribution is 2.22. The molecule has 0 fully saturated rings. The quantitative estimate of drug-likeness (QED) is 0.737. The number of rotatable bonds is 2. The second-order valence-corrected chi connectivity index (χ2v) is 4.93. The fourth-order valence-electron chi connectivity index (χ4n) is 1.95. The molecule has 21 heavy (non-hydrogen) atoms. The van der Waals surface area contributed by atoms with E-state index in [1.54, 1.807) is 24.0 Å². The minimum Gasteiger partial charge on any atom is -0.339 e. The summed E-state index contributed by atoms with van der Waals surface area (Å²) in [6.07, 6.45) is 3.49. The van der Waals surface area contributed by atoms with Gasteiger partial charge in [-0.3, -0.25) is 4.68 Å². The Morgan fingerprint density at radius 1 is 1.14 bits per heavy atom. The Bertz CT molecular complexity index is 869. The third-order valence-electron chi connectivity index (χ3n) is 2.95. The Hall–Kier alpha value is -2.41. The number of nitrogens with one attached hydrogen (secondary N) is 1. The van der Waals surface area contributed by atoms with E-state index in [0.29, 0.717) is 21.7 Å². The highest BCUT2D eigenvalue weighted by Gasteiger charge is 2.09. The summed E-state index contributed by atoms with van der Waals surface area (Å²) in [5, 5.41) is 4.08. The standard InChI is InChI=1S/C14H10F2N4S/c1-20-7-9(6-17-20)12-5-13(21)19-14(18-12)8-2-3-10(15)11(16)4-8/h2-7H,1H3,(H,18,19,21). The number of aryl methyl sites for hydroxylation is 1. The molecule has 0 aliphatic carbocycles. The number of aromatic nitrogens is 4. The summed E-state index contributed by atoms with van der Waals surface area (Å²) in [5.41, 5.74) is 1.96. The number of aromatic amines is 1. The molecule has 1 aromatic carbocycles. The second kappa shape index (κ2) is 5.17. The first-order chi connectivity index (χ1) is 10.0. The zero-order chi connectivity index (χ0) is 15.0. The van der Waals surface area contributed by atoms with Crippen LogP contribution < -0.4 is 0 Å². The molecule has 7 heteroatoms. The molecule has 0 spiro atoms. The van der Waals surface area contributed by atoms with Crippen molar-refractivity contribution < 1.29 is 8.78 Å². The monoisotopic (exact) mass is 304 g/mol. The van der Waals surface area contributed by atoms with Gasteiger partial charge in [-0.05, 0) is 24.3 Å². The molecule has 106 valence electrons. The van der Waals surface area contributed by atoms with Crippen molar-refractivity contribution >= 4 is 12.2 Å². The molecule has 0 saturated carbocycles. The molecule has 4 nitrogen and oxygen atoms in total. The van der Waals surface area contributed by atoms with Gasteiger partial charge in [-0.2, -0.15) is 5.10 Å². The molecule has 3 aromatic rings. The van der Waals surface area contributed by atoms with Crippen molar-refractivity contribution in [1.82, 2.24) is 19.7 Å². The van der Waals surface area contributed by atoms with Gasteiger partial charge in [-0.15, -0.1) is 0 Å². The Morgan fingerprint density at radius 3 is 2.62 bits per heavy atom. The zero-order valence-electron chi connectivity index (χ0n) is 11.0. The molecule has 0 aliphatic heterocycles. The predicted octanol–water partition coefficient (Wildman–Crippen LogP) is 3.48. The molecule has 2 heterocycles. The summed E-state index contributed by atoms with van der Waals surface area (Å²) in [5.74, 6) is -1.46. The summed E-state index contributed by atoms with van der Waals surface area (Å²) < 4.78 is 28.4. The highest BCUT2D eigenvalue weighted by atomic mass is 32.1. The maximum atomic E-state index is 13.3. The number of hydrogen-bond donors (Lipinski definition) is 1. The lowest BCUT2D eigenvalue weighted by Crippen LogP contribution is -1.94. The summed E-state index contributed by atoms with van der Waals surface area (Å²) in [4.78, 5) is 7.21. The molecule has 0 unspecified atom stereocenters. The number of nitrogens with zero attached hydrogens (tertiary/aromatic N) is 3. The normalized spacial score (nSPS) is 10.8. The van der Waals surface area contributed by atoms with E-state index in [9.17, 15) is 8.78 Å². The van der Waals surface area contributed by atoms with Crippen LogP contribution in [0.1, 0.15) is 0 Å². The molecule has 2 aromatic heterocycles. The number of halogens is 2. The van der Waals surface area contributed by atoms with Crippen LogP contribution in [0.15, 0.2) is 36.7 Å². The molecule has 0 radical (unpaired) electrons. The Balaban J connectivity index is 2.13. The average molecular weight is 304 g/mol. The second-order valence-electron chi connectivity index (χ2n) is 4.51. The van der Waals surface area contributed by atoms with Crippen molar-refractivity contribution in [3.63, 3.8) is 0 Å². The fourth-order valence-corrected chi connectivity index (χ4v) is 2.16. The lowest BCUT2D eigenvalue weighted by molar-refractivity contribution is 0.509. The van der Waals surface area contributed by atoms with E-state index in [1.807, 2.05) is 6.20 Å². The van der Waals surface area contributed by atoms with Gasteiger partial charge in [0.05, 0.1) is 11.9 Å². The summed E-state index contributed by atoms with van der Waals surface area (Å²) in [7, 11) is 1.80. The first-order valence-electron chi connectivity index (χ1n) is 6.09.